The first kappa shape index (κ1) is 10.5. The molecule has 2 rings (SSSR count). The van der Waals surface area contributed by atoms with Crippen molar-refractivity contribution in [2.75, 3.05) is 20.1 Å². The highest BCUT2D eigenvalue weighted by Crippen LogP contribution is 2.21. The lowest BCUT2D eigenvalue weighted by Crippen LogP contribution is -2.48. The molecule has 1 N–H and O–H groups in total. The Hall–Kier alpha value is -1.03. The van der Waals surface area contributed by atoms with Crippen molar-refractivity contribution < 1.29 is 4.79 Å². The van der Waals surface area contributed by atoms with Gasteiger partial charge in [-0.3, -0.25) is 0 Å². The molecular formula is C11H13BrN2O. The van der Waals surface area contributed by atoms with E-state index in [-0.39, 0.29) is 6.03 Å². The predicted octanol–water partition coefficient (Wildman–Crippen LogP) is 2.19. The van der Waals surface area contributed by atoms with Gasteiger partial charge in [-0.1, -0.05) is 28.1 Å². The van der Waals surface area contributed by atoms with Gasteiger partial charge in [-0.15, -0.1) is 0 Å². The van der Waals surface area contributed by atoms with Gasteiger partial charge < -0.3 is 10.2 Å². The molecule has 0 radical (unpaired) electrons. The van der Waals surface area contributed by atoms with Gasteiger partial charge >= 0.3 is 6.03 Å². The number of urea groups is 1. The SMILES string of the molecule is CN1CC(c2ccc(Br)cc2)CNC1=O. The number of rotatable bonds is 1. The highest BCUT2D eigenvalue weighted by molar-refractivity contribution is 9.10. The second-order valence-electron chi connectivity index (χ2n) is 3.82. The summed E-state index contributed by atoms with van der Waals surface area (Å²) in [5.74, 6) is 0.390. The van der Waals surface area contributed by atoms with Gasteiger partial charge in [-0.25, -0.2) is 4.79 Å². The number of amides is 2. The van der Waals surface area contributed by atoms with Crippen LogP contribution in [0, 0.1) is 0 Å². The summed E-state index contributed by atoms with van der Waals surface area (Å²) in [7, 11) is 1.82. The van der Waals surface area contributed by atoms with Crippen LogP contribution >= 0.6 is 15.9 Å². The summed E-state index contributed by atoms with van der Waals surface area (Å²) < 4.78 is 1.08. The van der Waals surface area contributed by atoms with E-state index in [4.69, 9.17) is 0 Å². The average Bonchev–Trinajstić information content (AvgIpc) is 2.23. The number of hydrogen-bond donors (Lipinski definition) is 1. The molecule has 2 amide bonds. The van der Waals surface area contributed by atoms with Gasteiger partial charge in [-0.2, -0.15) is 0 Å². The van der Waals surface area contributed by atoms with Crippen molar-refractivity contribution in [3.8, 4) is 0 Å². The van der Waals surface area contributed by atoms with Crippen LogP contribution in [0.2, 0.25) is 0 Å². The molecule has 1 aromatic rings. The molecule has 80 valence electrons. The van der Waals surface area contributed by atoms with Crippen LogP contribution < -0.4 is 5.32 Å². The van der Waals surface area contributed by atoms with Crippen molar-refractivity contribution in [3.05, 3.63) is 34.3 Å². The van der Waals surface area contributed by atoms with E-state index < -0.39 is 0 Å². The quantitative estimate of drug-likeness (QED) is 0.832. The third-order valence-corrected chi connectivity index (χ3v) is 3.21. The molecule has 4 heteroatoms. The van der Waals surface area contributed by atoms with Crippen molar-refractivity contribution in [3.63, 3.8) is 0 Å². The Labute approximate surface area is 97.6 Å². The lowest BCUT2D eigenvalue weighted by molar-refractivity contribution is 0.193. The smallest absolute Gasteiger partial charge is 0.317 e. The summed E-state index contributed by atoms with van der Waals surface area (Å²) in [4.78, 5) is 13.0. The van der Waals surface area contributed by atoms with Crippen LogP contribution in [0.15, 0.2) is 28.7 Å². The van der Waals surface area contributed by atoms with E-state index in [1.54, 1.807) is 4.90 Å². The molecule has 0 saturated carbocycles. The van der Waals surface area contributed by atoms with Crippen LogP contribution in [-0.2, 0) is 0 Å². The monoisotopic (exact) mass is 268 g/mol. The van der Waals surface area contributed by atoms with E-state index in [0.29, 0.717) is 5.92 Å². The van der Waals surface area contributed by atoms with E-state index in [1.807, 2.05) is 19.2 Å². The van der Waals surface area contributed by atoms with Crippen LogP contribution in [-0.4, -0.2) is 31.1 Å². The molecule has 1 unspecified atom stereocenters. The Bertz CT molecular complexity index is 363. The van der Waals surface area contributed by atoms with Gasteiger partial charge in [-0.05, 0) is 17.7 Å². The molecule has 1 atom stereocenters. The second kappa shape index (κ2) is 4.23. The highest BCUT2D eigenvalue weighted by atomic mass is 79.9. The van der Waals surface area contributed by atoms with E-state index in [0.717, 1.165) is 17.6 Å². The zero-order chi connectivity index (χ0) is 10.8. The number of halogens is 1. The fourth-order valence-electron chi connectivity index (χ4n) is 1.78. The summed E-state index contributed by atoms with van der Waals surface area (Å²) >= 11 is 3.41. The summed E-state index contributed by atoms with van der Waals surface area (Å²) in [5, 5.41) is 2.87. The van der Waals surface area contributed by atoms with Crippen molar-refractivity contribution >= 4 is 22.0 Å². The Balaban J connectivity index is 2.12. The van der Waals surface area contributed by atoms with Crippen LogP contribution in [0.4, 0.5) is 4.79 Å². The highest BCUT2D eigenvalue weighted by Gasteiger charge is 2.23. The van der Waals surface area contributed by atoms with Gasteiger partial charge in [0.2, 0.25) is 0 Å². The fourth-order valence-corrected chi connectivity index (χ4v) is 2.05. The minimum Gasteiger partial charge on any atom is -0.337 e. The standard InChI is InChI=1S/C11H13BrN2O/c1-14-7-9(6-13-11(14)15)8-2-4-10(12)5-3-8/h2-5,9H,6-7H2,1H3,(H,13,15). The lowest BCUT2D eigenvalue weighted by atomic mass is 9.97. The van der Waals surface area contributed by atoms with Crippen LogP contribution in [0.25, 0.3) is 0 Å². The van der Waals surface area contributed by atoms with Gasteiger partial charge in [0.15, 0.2) is 0 Å². The predicted molar refractivity (Wildman–Crippen MR) is 62.9 cm³/mol. The maximum atomic E-state index is 11.2. The van der Waals surface area contributed by atoms with Crippen LogP contribution in [0.5, 0.6) is 0 Å². The number of likely N-dealkylation sites (N-methyl/N-ethyl adjacent to an activating group) is 1. The molecule has 1 heterocycles. The summed E-state index contributed by atoms with van der Waals surface area (Å²) in [5.41, 5.74) is 1.27. The summed E-state index contributed by atoms with van der Waals surface area (Å²) in [6.45, 7) is 1.51. The molecule has 0 spiro atoms. The Morgan fingerprint density at radius 3 is 2.67 bits per heavy atom. The molecule has 1 aliphatic heterocycles. The molecule has 1 saturated heterocycles. The summed E-state index contributed by atoms with van der Waals surface area (Å²) in [6.07, 6.45) is 0. The van der Waals surface area contributed by atoms with Crippen molar-refractivity contribution in [2.24, 2.45) is 0 Å². The van der Waals surface area contributed by atoms with Gasteiger partial charge in [0.05, 0.1) is 0 Å². The molecule has 1 fully saturated rings. The molecule has 1 aliphatic rings. The maximum absolute atomic E-state index is 11.2. The van der Waals surface area contributed by atoms with E-state index >= 15 is 0 Å². The van der Waals surface area contributed by atoms with E-state index in [1.165, 1.54) is 5.56 Å². The third-order valence-electron chi connectivity index (χ3n) is 2.68. The first-order valence-electron chi connectivity index (χ1n) is 4.91. The number of hydrogen-bond acceptors (Lipinski definition) is 1. The van der Waals surface area contributed by atoms with Gasteiger partial charge in [0.25, 0.3) is 0 Å². The van der Waals surface area contributed by atoms with E-state index in [9.17, 15) is 4.79 Å². The fraction of sp³-hybridized carbons (Fsp3) is 0.364. The number of benzene rings is 1. The molecule has 3 nitrogen and oxygen atoms in total. The van der Waals surface area contributed by atoms with Crippen molar-refractivity contribution in [2.45, 2.75) is 5.92 Å². The second-order valence-corrected chi connectivity index (χ2v) is 4.73. The number of nitrogens with zero attached hydrogens (tertiary/aromatic N) is 1. The van der Waals surface area contributed by atoms with E-state index in [2.05, 4.69) is 33.4 Å². The van der Waals surface area contributed by atoms with Crippen molar-refractivity contribution in [1.29, 1.82) is 0 Å². The number of nitrogens with one attached hydrogen (secondary N) is 1. The minimum absolute atomic E-state index is 0.0170. The Morgan fingerprint density at radius 1 is 1.40 bits per heavy atom. The molecule has 0 aliphatic carbocycles. The number of carbonyl (C=O) groups is 1. The molecule has 0 aromatic heterocycles. The number of carbonyl (C=O) groups excluding carboxylic acids is 1. The molecule has 0 bridgehead atoms. The van der Waals surface area contributed by atoms with Gasteiger partial charge in [0.1, 0.15) is 0 Å². The minimum atomic E-state index is 0.0170. The largest absolute Gasteiger partial charge is 0.337 e. The van der Waals surface area contributed by atoms with Crippen LogP contribution in [0.1, 0.15) is 11.5 Å². The topological polar surface area (TPSA) is 32.3 Å². The molecular weight excluding hydrogens is 256 g/mol. The Morgan fingerprint density at radius 2 is 2.07 bits per heavy atom. The summed E-state index contributed by atoms with van der Waals surface area (Å²) in [6, 6.07) is 8.28. The zero-order valence-electron chi connectivity index (χ0n) is 8.53. The first-order chi connectivity index (χ1) is 7.16. The third kappa shape index (κ3) is 2.31. The first-order valence-corrected chi connectivity index (χ1v) is 5.70. The normalized spacial score (nSPS) is 21.3. The Kier molecular flexibility index (Phi) is 2.95. The molecule has 15 heavy (non-hydrogen) atoms. The molecule has 1 aromatic carbocycles. The zero-order valence-corrected chi connectivity index (χ0v) is 10.1. The van der Waals surface area contributed by atoms with Crippen LogP contribution in [0.3, 0.4) is 0 Å². The maximum Gasteiger partial charge on any atom is 0.317 e. The lowest BCUT2D eigenvalue weighted by Gasteiger charge is -2.30. The average molecular weight is 269 g/mol. The van der Waals surface area contributed by atoms with Gasteiger partial charge in [0, 0.05) is 30.5 Å². The van der Waals surface area contributed by atoms with Crippen molar-refractivity contribution in [1.82, 2.24) is 10.2 Å².